The van der Waals surface area contributed by atoms with Crippen LogP contribution in [0.1, 0.15) is 36.5 Å². The fourth-order valence-electron chi connectivity index (χ4n) is 3.28. The Kier molecular flexibility index (Phi) is 3.31. The van der Waals surface area contributed by atoms with Gasteiger partial charge in [-0.1, -0.05) is 5.16 Å². The fraction of sp³-hybridized carbons (Fsp3) is 0.333. The van der Waals surface area contributed by atoms with E-state index in [9.17, 15) is 4.39 Å². The van der Waals surface area contributed by atoms with Crippen LogP contribution in [0, 0.1) is 19.7 Å². The van der Waals surface area contributed by atoms with E-state index in [2.05, 4.69) is 10.1 Å². The fourth-order valence-corrected chi connectivity index (χ4v) is 3.28. The minimum Gasteiger partial charge on any atom is -0.334 e. The number of nitrogens with two attached hydrogens (primary N) is 1. The Morgan fingerprint density at radius 2 is 1.92 bits per heavy atom. The average molecular weight is 326 g/mol. The summed E-state index contributed by atoms with van der Waals surface area (Å²) in [5, 5.41) is 4.08. The molecule has 5 nitrogen and oxygen atoms in total. The van der Waals surface area contributed by atoms with E-state index < -0.39 is 5.54 Å². The number of hydrogen-bond acceptors (Lipinski definition) is 4. The number of aryl methyl sites for hydroxylation is 1. The summed E-state index contributed by atoms with van der Waals surface area (Å²) in [6.07, 6.45) is 2.88. The molecule has 24 heavy (non-hydrogen) atoms. The molecule has 0 amide bonds. The zero-order valence-electron chi connectivity index (χ0n) is 13.7. The van der Waals surface area contributed by atoms with Crippen molar-refractivity contribution < 1.29 is 8.91 Å². The number of halogens is 1. The van der Waals surface area contributed by atoms with Gasteiger partial charge in [-0.05, 0) is 63.4 Å². The van der Waals surface area contributed by atoms with Gasteiger partial charge in [0, 0.05) is 17.1 Å². The predicted molar refractivity (Wildman–Crippen MR) is 88.2 cm³/mol. The van der Waals surface area contributed by atoms with Crippen molar-refractivity contribution in [3.05, 3.63) is 53.4 Å². The molecule has 1 saturated carbocycles. The summed E-state index contributed by atoms with van der Waals surface area (Å²) in [6.45, 7) is 3.98. The minimum atomic E-state index is -0.440. The minimum absolute atomic E-state index is 0.253. The highest BCUT2D eigenvalue weighted by molar-refractivity contribution is 5.61. The van der Waals surface area contributed by atoms with E-state index in [1.165, 1.54) is 12.1 Å². The molecule has 0 bridgehead atoms. The molecule has 0 aliphatic heterocycles. The third-order valence-corrected chi connectivity index (χ3v) is 4.86. The zero-order valence-corrected chi connectivity index (χ0v) is 13.7. The van der Waals surface area contributed by atoms with Gasteiger partial charge in [-0.2, -0.15) is 4.98 Å². The van der Waals surface area contributed by atoms with Gasteiger partial charge < -0.3 is 14.8 Å². The Morgan fingerprint density at radius 3 is 2.54 bits per heavy atom. The molecule has 0 saturated heterocycles. The standard InChI is InChI=1S/C18H19FN4O/c1-11-10-15(12(2)23(11)14-6-4-13(19)5-7-14)16-21-17(22-24-16)18(20)8-3-9-18/h4-7,10H,3,8-9,20H2,1-2H3. The first-order valence-electron chi connectivity index (χ1n) is 8.06. The number of nitrogens with zero attached hydrogens (tertiary/aromatic N) is 3. The maximum absolute atomic E-state index is 13.2. The van der Waals surface area contributed by atoms with E-state index in [1.807, 2.05) is 24.5 Å². The van der Waals surface area contributed by atoms with Gasteiger partial charge in [0.25, 0.3) is 5.89 Å². The number of benzene rings is 1. The van der Waals surface area contributed by atoms with Gasteiger partial charge in [-0.15, -0.1) is 0 Å². The summed E-state index contributed by atoms with van der Waals surface area (Å²) in [5.74, 6) is 0.801. The maximum atomic E-state index is 13.2. The Bertz CT molecular complexity index is 890. The van der Waals surface area contributed by atoms with Crippen LogP contribution < -0.4 is 5.73 Å². The van der Waals surface area contributed by atoms with Crippen LogP contribution in [0.15, 0.2) is 34.9 Å². The van der Waals surface area contributed by atoms with Crippen molar-refractivity contribution in [3.8, 4) is 17.1 Å². The van der Waals surface area contributed by atoms with Gasteiger partial charge in [0.05, 0.1) is 11.1 Å². The Labute approximate surface area is 139 Å². The molecule has 6 heteroatoms. The second-order valence-electron chi connectivity index (χ2n) is 6.53. The lowest BCUT2D eigenvalue weighted by Gasteiger charge is -2.34. The molecule has 1 aromatic carbocycles. The highest BCUT2D eigenvalue weighted by Gasteiger charge is 2.39. The first-order chi connectivity index (χ1) is 11.5. The van der Waals surface area contributed by atoms with Gasteiger partial charge in [0.2, 0.25) is 0 Å². The van der Waals surface area contributed by atoms with Gasteiger partial charge in [0.1, 0.15) is 5.82 Å². The molecule has 0 unspecified atom stereocenters. The van der Waals surface area contributed by atoms with Crippen molar-refractivity contribution in [2.45, 2.75) is 38.6 Å². The smallest absolute Gasteiger partial charge is 0.259 e. The van der Waals surface area contributed by atoms with Crippen LogP contribution in [0.3, 0.4) is 0 Å². The molecule has 0 radical (unpaired) electrons. The summed E-state index contributed by atoms with van der Waals surface area (Å²) < 4.78 is 20.7. The van der Waals surface area contributed by atoms with Crippen molar-refractivity contribution >= 4 is 0 Å². The van der Waals surface area contributed by atoms with Crippen LogP contribution in [-0.4, -0.2) is 14.7 Å². The molecule has 2 heterocycles. The largest absolute Gasteiger partial charge is 0.334 e. The molecule has 0 atom stereocenters. The first kappa shape index (κ1) is 15.1. The quantitative estimate of drug-likeness (QED) is 0.798. The second kappa shape index (κ2) is 5.27. The summed E-state index contributed by atoms with van der Waals surface area (Å²) in [6, 6.07) is 8.41. The lowest BCUT2D eigenvalue weighted by molar-refractivity contribution is 0.229. The van der Waals surface area contributed by atoms with Gasteiger partial charge in [0.15, 0.2) is 5.82 Å². The average Bonchev–Trinajstić information content (AvgIpc) is 3.12. The first-order valence-corrected chi connectivity index (χ1v) is 8.06. The van der Waals surface area contributed by atoms with Crippen LogP contribution in [-0.2, 0) is 5.54 Å². The Hall–Kier alpha value is -2.47. The maximum Gasteiger partial charge on any atom is 0.259 e. The van der Waals surface area contributed by atoms with Gasteiger partial charge >= 0.3 is 0 Å². The molecule has 1 aliphatic carbocycles. The van der Waals surface area contributed by atoms with E-state index in [4.69, 9.17) is 10.3 Å². The van der Waals surface area contributed by atoms with E-state index in [-0.39, 0.29) is 5.82 Å². The normalized spacial score (nSPS) is 16.2. The number of hydrogen-bond donors (Lipinski definition) is 1. The molecular formula is C18H19FN4O. The molecule has 124 valence electrons. The predicted octanol–water partition coefficient (Wildman–Crippen LogP) is 3.62. The lowest BCUT2D eigenvalue weighted by Crippen LogP contribution is -2.44. The highest BCUT2D eigenvalue weighted by atomic mass is 19.1. The van der Waals surface area contributed by atoms with E-state index in [1.54, 1.807) is 12.1 Å². The monoisotopic (exact) mass is 326 g/mol. The topological polar surface area (TPSA) is 69.9 Å². The van der Waals surface area contributed by atoms with Crippen LogP contribution in [0.4, 0.5) is 4.39 Å². The summed E-state index contributed by atoms with van der Waals surface area (Å²) in [5.41, 5.74) is 9.58. The van der Waals surface area contributed by atoms with E-state index in [0.29, 0.717) is 11.7 Å². The van der Waals surface area contributed by atoms with Crippen molar-refractivity contribution in [3.63, 3.8) is 0 Å². The van der Waals surface area contributed by atoms with Crippen molar-refractivity contribution in [2.24, 2.45) is 5.73 Å². The summed E-state index contributed by atoms with van der Waals surface area (Å²) >= 11 is 0. The third-order valence-electron chi connectivity index (χ3n) is 4.86. The van der Waals surface area contributed by atoms with Gasteiger partial charge in [-0.3, -0.25) is 0 Å². The van der Waals surface area contributed by atoms with Crippen molar-refractivity contribution in [2.75, 3.05) is 0 Å². The van der Waals surface area contributed by atoms with Crippen LogP contribution >= 0.6 is 0 Å². The molecule has 3 aromatic rings. The van der Waals surface area contributed by atoms with Crippen LogP contribution in [0.5, 0.6) is 0 Å². The molecule has 1 fully saturated rings. The highest BCUT2D eigenvalue weighted by Crippen LogP contribution is 2.38. The third kappa shape index (κ3) is 2.26. The number of rotatable bonds is 3. The molecule has 0 spiro atoms. The van der Waals surface area contributed by atoms with Crippen molar-refractivity contribution in [1.82, 2.24) is 14.7 Å². The Balaban J connectivity index is 1.75. The van der Waals surface area contributed by atoms with Gasteiger partial charge in [-0.25, -0.2) is 4.39 Å². The molecule has 4 rings (SSSR count). The van der Waals surface area contributed by atoms with E-state index >= 15 is 0 Å². The lowest BCUT2D eigenvalue weighted by atomic mass is 9.77. The van der Waals surface area contributed by atoms with E-state index in [0.717, 1.165) is 41.9 Å². The SMILES string of the molecule is Cc1cc(-c2nc(C3(N)CCC3)no2)c(C)n1-c1ccc(F)cc1. The molecule has 1 aliphatic rings. The Morgan fingerprint density at radius 1 is 1.21 bits per heavy atom. The number of aromatic nitrogens is 3. The molecule has 2 aromatic heterocycles. The van der Waals surface area contributed by atoms with Crippen LogP contribution in [0.25, 0.3) is 17.1 Å². The van der Waals surface area contributed by atoms with Crippen molar-refractivity contribution in [1.29, 1.82) is 0 Å². The molecule has 2 N–H and O–H groups in total. The second-order valence-corrected chi connectivity index (χ2v) is 6.53. The summed E-state index contributed by atoms with van der Waals surface area (Å²) in [4.78, 5) is 4.52. The van der Waals surface area contributed by atoms with Crippen LogP contribution in [0.2, 0.25) is 0 Å². The molecular weight excluding hydrogens is 307 g/mol. The summed E-state index contributed by atoms with van der Waals surface area (Å²) in [7, 11) is 0. The zero-order chi connectivity index (χ0) is 16.9.